The number of non-ortho nitro benzene ring substituents is 1. The van der Waals surface area contributed by atoms with Crippen LogP contribution in [0.5, 0.6) is 5.75 Å². The number of aryl methyl sites for hydroxylation is 1. The third-order valence-electron chi connectivity index (χ3n) is 3.69. The first kappa shape index (κ1) is 17.9. The topological polar surface area (TPSA) is 141 Å². The van der Waals surface area contributed by atoms with Gasteiger partial charge in [-0.15, -0.1) is 0 Å². The molecule has 1 heterocycles. The van der Waals surface area contributed by atoms with Crippen molar-refractivity contribution in [3.05, 3.63) is 44.2 Å². The second kappa shape index (κ2) is 6.59. The maximum atomic E-state index is 12.4. The molecule has 2 rings (SSSR count). The van der Waals surface area contributed by atoms with Gasteiger partial charge in [0.1, 0.15) is 17.4 Å². The number of nitrogens with one attached hydrogen (secondary N) is 1. The van der Waals surface area contributed by atoms with Gasteiger partial charge in [-0.25, -0.2) is 4.79 Å². The fourth-order valence-corrected chi connectivity index (χ4v) is 2.33. The molecule has 2 N–H and O–H groups in total. The minimum atomic E-state index is -1.03. The predicted molar refractivity (Wildman–Crippen MR) is 86.5 cm³/mol. The number of pyridine rings is 1. The molecule has 0 saturated heterocycles. The standard InChI is InChI=1S/C15H15N3O7/c1-7(15(22)25-3)16-13(20)11-12(19)9-5-4-8(18(23)24)6-10(9)17(2)14(11)21/h4-7,19H,1-3H3,(H,16,20). The highest BCUT2D eigenvalue weighted by molar-refractivity contribution is 6.03. The number of esters is 1. The van der Waals surface area contributed by atoms with Crippen molar-refractivity contribution in [2.45, 2.75) is 13.0 Å². The van der Waals surface area contributed by atoms with E-state index < -0.39 is 39.7 Å². The number of hydrogen-bond acceptors (Lipinski definition) is 7. The van der Waals surface area contributed by atoms with Crippen molar-refractivity contribution in [1.29, 1.82) is 0 Å². The Hall–Kier alpha value is -3.43. The third kappa shape index (κ3) is 3.13. The fourth-order valence-electron chi connectivity index (χ4n) is 2.33. The zero-order valence-electron chi connectivity index (χ0n) is 13.6. The van der Waals surface area contributed by atoms with E-state index in [4.69, 9.17) is 0 Å². The molecular weight excluding hydrogens is 334 g/mol. The van der Waals surface area contributed by atoms with Gasteiger partial charge in [-0.1, -0.05) is 0 Å². The van der Waals surface area contributed by atoms with E-state index >= 15 is 0 Å². The summed E-state index contributed by atoms with van der Waals surface area (Å²) in [4.78, 5) is 46.3. The molecule has 2 aromatic rings. The lowest BCUT2D eigenvalue weighted by molar-refractivity contribution is -0.384. The maximum absolute atomic E-state index is 12.4. The summed E-state index contributed by atoms with van der Waals surface area (Å²) < 4.78 is 5.49. The molecule has 10 heteroatoms. The Bertz CT molecular complexity index is 948. The fraction of sp³-hybridized carbons (Fsp3) is 0.267. The quantitative estimate of drug-likeness (QED) is 0.463. The molecular formula is C15H15N3O7. The summed E-state index contributed by atoms with van der Waals surface area (Å²) in [5, 5.41) is 23.5. The van der Waals surface area contributed by atoms with Gasteiger partial charge in [-0.3, -0.25) is 19.7 Å². The third-order valence-corrected chi connectivity index (χ3v) is 3.69. The van der Waals surface area contributed by atoms with Crippen LogP contribution in [-0.4, -0.2) is 39.6 Å². The van der Waals surface area contributed by atoms with Crippen LogP contribution in [0.25, 0.3) is 10.9 Å². The highest BCUT2D eigenvalue weighted by Crippen LogP contribution is 2.28. The van der Waals surface area contributed by atoms with E-state index in [1.54, 1.807) is 0 Å². The molecule has 0 spiro atoms. The van der Waals surface area contributed by atoms with Gasteiger partial charge in [0.2, 0.25) is 0 Å². The van der Waals surface area contributed by atoms with E-state index in [1.807, 2.05) is 0 Å². The molecule has 1 unspecified atom stereocenters. The molecule has 25 heavy (non-hydrogen) atoms. The lowest BCUT2D eigenvalue weighted by atomic mass is 10.1. The second-order valence-electron chi connectivity index (χ2n) is 5.26. The monoisotopic (exact) mass is 349 g/mol. The van der Waals surface area contributed by atoms with Gasteiger partial charge in [0, 0.05) is 24.6 Å². The first-order valence-electron chi connectivity index (χ1n) is 7.07. The number of benzene rings is 1. The number of aromatic nitrogens is 1. The molecule has 0 radical (unpaired) electrons. The lowest BCUT2D eigenvalue weighted by Gasteiger charge is -2.14. The van der Waals surface area contributed by atoms with Crippen molar-refractivity contribution in [3.63, 3.8) is 0 Å². The Morgan fingerprint density at radius 2 is 2.04 bits per heavy atom. The second-order valence-corrected chi connectivity index (χ2v) is 5.26. The average Bonchev–Trinajstić information content (AvgIpc) is 2.58. The first-order chi connectivity index (χ1) is 11.7. The van der Waals surface area contributed by atoms with E-state index in [0.29, 0.717) is 0 Å². The number of nitrogens with zero attached hydrogens (tertiary/aromatic N) is 2. The molecule has 1 amide bonds. The van der Waals surface area contributed by atoms with Crippen LogP contribution in [0.4, 0.5) is 5.69 Å². The van der Waals surface area contributed by atoms with Crippen molar-refractivity contribution in [1.82, 2.24) is 9.88 Å². The molecule has 0 bridgehead atoms. The van der Waals surface area contributed by atoms with Gasteiger partial charge in [0.25, 0.3) is 17.2 Å². The van der Waals surface area contributed by atoms with E-state index in [0.717, 1.165) is 23.8 Å². The van der Waals surface area contributed by atoms with Gasteiger partial charge in [0.15, 0.2) is 0 Å². The van der Waals surface area contributed by atoms with Crippen LogP contribution in [0.1, 0.15) is 17.3 Å². The molecule has 0 aliphatic heterocycles. The van der Waals surface area contributed by atoms with Gasteiger partial charge in [0.05, 0.1) is 17.5 Å². The molecule has 1 atom stereocenters. The van der Waals surface area contributed by atoms with Crippen LogP contribution in [0.3, 0.4) is 0 Å². The minimum absolute atomic E-state index is 0.0866. The number of nitro benzene ring substituents is 1. The number of methoxy groups -OCH3 is 1. The summed E-state index contributed by atoms with van der Waals surface area (Å²) in [5.74, 6) is -2.31. The van der Waals surface area contributed by atoms with Crippen LogP contribution in [0, 0.1) is 10.1 Å². The Morgan fingerprint density at radius 3 is 2.60 bits per heavy atom. The number of nitro groups is 1. The maximum Gasteiger partial charge on any atom is 0.328 e. The van der Waals surface area contributed by atoms with Crippen LogP contribution in [-0.2, 0) is 16.6 Å². The van der Waals surface area contributed by atoms with Crippen molar-refractivity contribution < 1.29 is 24.4 Å². The number of aromatic hydroxyl groups is 1. The van der Waals surface area contributed by atoms with Gasteiger partial charge >= 0.3 is 5.97 Å². The number of carbonyl (C=O) groups excluding carboxylic acids is 2. The Morgan fingerprint density at radius 1 is 1.40 bits per heavy atom. The summed E-state index contributed by atoms with van der Waals surface area (Å²) in [5.41, 5.74) is -1.60. The van der Waals surface area contributed by atoms with Crippen LogP contribution < -0.4 is 10.9 Å². The lowest BCUT2D eigenvalue weighted by Crippen LogP contribution is -2.41. The van der Waals surface area contributed by atoms with Crippen LogP contribution >= 0.6 is 0 Å². The molecule has 0 saturated carbocycles. The molecule has 10 nitrogen and oxygen atoms in total. The zero-order chi connectivity index (χ0) is 18.9. The number of rotatable bonds is 4. The van der Waals surface area contributed by atoms with Crippen LogP contribution in [0.2, 0.25) is 0 Å². The Kier molecular flexibility index (Phi) is 4.72. The van der Waals surface area contributed by atoms with Gasteiger partial charge < -0.3 is 19.7 Å². The number of ether oxygens (including phenoxy) is 1. The van der Waals surface area contributed by atoms with Crippen molar-refractivity contribution in [2.24, 2.45) is 7.05 Å². The van der Waals surface area contributed by atoms with Crippen LogP contribution in [0.15, 0.2) is 23.0 Å². The van der Waals surface area contributed by atoms with E-state index in [1.165, 1.54) is 20.0 Å². The SMILES string of the molecule is COC(=O)C(C)NC(=O)c1c(O)c2ccc([N+](=O)[O-])cc2n(C)c1=O. The largest absolute Gasteiger partial charge is 0.506 e. The Balaban J connectivity index is 2.61. The Labute approximate surface area is 140 Å². The number of amides is 1. The van der Waals surface area contributed by atoms with Crippen molar-refractivity contribution in [3.8, 4) is 5.75 Å². The normalized spacial score (nSPS) is 11.8. The minimum Gasteiger partial charge on any atom is -0.506 e. The van der Waals surface area contributed by atoms with E-state index in [-0.39, 0.29) is 16.6 Å². The van der Waals surface area contributed by atoms with E-state index in [9.17, 15) is 29.6 Å². The highest BCUT2D eigenvalue weighted by atomic mass is 16.6. The smallest absolute Gasteiger partial charge is 0.328 e. The summed E-state index contributed by atoms with van der Waals surface area (Å²) in [6.45, 7) is 1.36. The number of fused-ring (bicyclic) bond motifs is 1. The van der Waals surface area contributed by atoms with Gasteiger partial charge in [-0.05, 0) is 13.0 Å². The first-order valence-corrected chi connectivity index (χ1v) is 7.07. The predicted octanol–water partition coefficient (Wildman–Crippen LogP) is 0.444. The number of carbonyl (C=O) groups is 2. The van der Waals surface area contributed by atoms with Crippen molar-refractivity contribution >= 4 is 28.5 Å². The van der Waals surface area contributed by atoms with Gasteiger partial charge in [-0.2, -0.15) is 0 Å². The summed E-state index contributed by atoms with van der Waals surface area (Å²) in [6, 6.07) is 2.47. The molecule has 1 aromatic heterocycles. The molecule has 1 aromatic carbocycles. The highest BCUT2D eigenvalue weighted by Gasteiger charge is 2.25. The number of hydrogen-bond donors (Lipinski definition) is 2. The molecule has 0 fully saturated rings. The van der Waals surface area contributed by atoms with E-state index in [2.05, 4.69) is 10.1 Å². The average molecular weight is 349 g/mol. The molecule has 0 aliphatic carbocycles. The zero-order valence-corrected chi connectivity index (χ0v) is 13.6. The summed E-state index contributed by atoms with van der Waals surface area (Å²) in [6.07, 6.45) is 0. The summed E-state index contributed by atoms with van der Waals surface area (Å²) >= 11 is 0. The molecule has 0 aliphatic rings. The van der Waals surface area contributed by atoms with Crippen molar-refractivity contribution in [2.75, 3.05) is 7.11 Å². The molecule has 132 valence electrons. The summed E-state index contributed by atoms with van der Waals surface area (Å²) in [7, 11) is 2.46.